The molecule has 0 radical (unpaired) electrons. The predicted molar refractivity (Wildman–Crippen MR) is 68.2 cm³/mol. The molecule has 8 nitrogen and oxygen atoms in total. The zero-order chi connectivity index (χ0) is 14.1. The molecule has 20 heavy (non-hydrogen) atoms. The van der Waals surface area contributed by atoms with Gasteiger partial charge in [-0.05, 0) is 13.3 Å². The van der Waals surface area contributed by atoms with Crippen molar-refractivity contribution in [3.63, 3.8) is 0 Å². The van der Waals surface area contributed by atoms with Crippen molar-refractivity contribution in [2.45, 2.75) is 33.2 Å². The van der Waals surface area contributed by atoms with E-state index in [9.17, 15) is 4.79 Å². The third kappa shape index (κ3) is 2.09. The van der Waals surface area contributed by atoms with Crippen molar-refractivity contribution in [2.75, 3.05) is 0 Å². The van der Waals surface area contributed by atoms with Crippen molar-refractivity contribution in [3.8, 4) is 0 Å². The second-order valence-electron chi connectivity index (χ2n) is 4.48. The summed E-state index contributed by atoms with van der Waals surface area (Å²) in [4.78, 5) is 20.5. The van der Waals surface area contributed by atoms with Crippen LogP contribution in [-0.4, -0.2) is 24.8 Å². The fourth-order valence-corrected chi connectivity index (χ4v) is 1.95. The van der Waals surface area contributed by atoms with Crippen LogP contribution in [0.2, 0.25) is 0 Å². The minimum absolute atomic E-state index is 0.184. The third-order valence-electron chi connectivity index (χ3n) is 2.92. The Kier molecular flexibility index (Phi) is 3.05. The number of hydrogen-bond acceptors (Lipinski definition) is 7. The van der Waals surface area contributed by atoms with Gasteiger partial charge in [-0.25, -0.2) is 4.98 Å². The highest BCUT2D eigenvalue weighted by molar-refractivity contribution is 5.73. The van der Waals surface area contributed by atoms with Crippen molar-refractivity contribution in [2.24, 2.45) is 0 Å². The molecule has 0 bridgehead atoms. The van der Waals surface area contributed by atoms with Crippen LogP contribution in [0.15, 0.2) is 20.2 Å². The van der Waals surface area contributed by atoms with Crippen molar-refractivity contribution in [1.29, 1.82) is 0 Å². The van der Waals surface area contributed by atoms with Gasteiger partial charge < -0.3 is 9.05 Å². The lowest BCUT2D eigenvalue weighted by molar-refractivity contribution is 0.364. The molecular formula is C12H13N5O3. The van der Waals surface area contributed by atoms with Crippen LogP contribution in [0.3, 0.4) is 0 Å². The molecule has 0 aliphatic heterocycles. The molecule has 0 fully saturated rings. The largest absolute Gasteiger partial charge is 0.337 e. The second-order valence-corrected chi connectivity index (χ2v) is 4.48. The lowest BCUT2D eigenvalue weighted by Gasteiger charge is -1.99. The SMILES string of the molecule is CCCc1noc(Cn2cnc3onc(C)c3c2=O)n1. The van der Waals surface area contributed by atoms with E-state index in [4.69, 9.17) is 9.05 Å². The molecular weight excluding hydrogens is 262 g/mol. The highest BCUT2D eigenvalue weighted by Crippen LogP contribution is 2.10. The average Bonchev–Trinajstić information content (AvgIpc) is 3.01. The Labute approximate surface area is 113 Å². The highest BCUT2D eigenvalue weighted by Gasteiger charge is 2.14. The average molecular weight is 275 g/mol. The van der Waals surface area contributed by atoms with Gasteiger partial charge in [-0.2, -0.15) is 4.98 Å². The van der Waals surface area contributed by atoms with Crippen LogP contribution in [-0.2, 0) is 13.0 Å². The van der Waals surface area contributed by atoms with Gasteiger partial charge in [0.2, 0.25) is 5.89 Å². The second kappa shape index (κ2) is 4.87. The standard InChI is InChI=1S/C12H13N5O3/c1-3-4-8-14-9(19-16-8)5-17-6-13-11-10(12(17)18)7(2)15-20-11/h6H,3-5H2,1-2H3. The number of fused-ring (bicyclic) bond motifs is 1. The molecule has 0 saturated carbocycles. The summed E-state index contributed by atoms with van der Waals surface area (Å²) in [7, 11) is 0. The van der Waals surface area contributed by atoms with E-state index in [0.717, 1.165) is 12.8 Å². The molecule has 0 saturated heterocycles. The molecule has 3 aromatic rings. The van der Waals surface area contributed by atoms with E-state index in [1.165, 1.54) is 10.9 Å². The summed E-state index contributed by atoms with van der Waals surface area (Å²) in [6.45, 7) is 3.92. The van der Waals surface area contributed by atoms with E-state index in [0.29, 0.717) is 22.8 Å². The van der Waals surface area contributed by atoms with Gasteiger partial charge in [0.15, 0.2) is 5.82 Å². The number of aromatic nitrogens is 5. The molecule has 0 spiro atoms. The summed E-state index contributed by atoms with van der Waals surface area (Å²) in [6.07, 6.45) is 3.08. The summed E-state index contributed by atoms with van der Waals surface area (Å²) in [5.74, 6) is 1.02. The maximum absolute atomic E-state index is 12.3. The highest BCUT2D eigenvalue weighted by atomic mass is 16.5. The fraction of sp³-hybridized carbons (Fsp3) is 0.417. The molecule has 0 amide bonds. The first-order valence-electron chi connectivity index (χ1n) is 6.32. The maximum atomic E-state index is 12.3. The summed E-state index contributed by atoms with van der Waals surface area (Å²) in [5, 5.41) is 7.96. The Morgan fingerprint density at radius 1 is 1.30 bits per heavy atom. The Morgan fingerprint density at radius 2 is 2.15 bits per heavy atom. The van der Waals surface area contributed by atoms with Gasteiger partial charge in [0, 0.05) is 6.42 Å². The maximum Gasteiger partial charge on any atom is 0.267 e. The minimum atomic E-state index is -0.232. The van der Waals surface area contributed by atoms with Crippen molar-refractivity contribution >= 4 is 11.1 Å². The first-order valence-corrected chi connectivity index (χ1v) is 6.32. The van der Waals surface area contributed by atoms with E-state index in [-0.39, 0.29) is 17.8 Å². The molecule has 0 atom stereocenters. The summed E-state index contributed by atoms with van der Waals surface area (Å²) in [5.41, 5.74) is 0.522. The summed E-state index contributed by atoms with van der Waals surface area (Å²) >= 11 is 0. The molecule has 0 aliphatic carbocycles. The van der Waals surface area contributed by atoms with Gasteiger partial charge >= 0.3 is 0 Å². The molecule has 8 heteroatoms. The van der Waals surface area contributed by atoms with Crippen LogP contribution in [0, 0.1) is 6.92 Å². The summed E-state index contributed by atoms with van der Waals surface area (Å²) in [6, 6.07) is 0. The van der Waals surface area contributed by atoms with E-state index in [1.54, 1.807) is 6.92 Å². The van der Waals surface area contributed by atoms with Gasteiger partial charge in [0.1, 0.15) is 18.3 Å². The Morgan fingerprint density at radius 3 is 2.95 bits per heavy atom. The van der Waals surface area contributed by atoms with Crippen molar-refractivity contribution in [3.05, 3.63) is 34.1 Å². The minimum Gasteiger partial charge on any atom is -0.337 e. The van der Waals surface area contributed by atoms with Gasteiger partial charge in [-0.3, -0.25) is 9.36 Å². The van der Waals surface area contributed by atoms with Gasteiger partial charge in [-0.1, -0.05) is 17.2 Å². The Hall–Kier alpha value is -2.51. The van der Waals surface area contributed by atoms with Crippen LogP contribution in [0.5, 0.6) is 0 Å². The Balaban J connectivity index is 1.95. The van der Waals surface area contributed by atoms with Gasteiger partial charge in [0.25, 0.3) is 11.3 Å². The van der Waals surface area contributed by atoms with Gasteiger partial charge in [-0.15, -0.1) is 0 Å². The first-order chi connectivity index (χ1) is 9.69. The smallest absolute Gasteiger partial charge is 0.267 e. The quantitative estimate of drug-likeness (QED) is 0.702. The number of aryl methyl sites for hydroxylation is 2. The molecule has 0 aliphatic rings. The molecule has 0 aromatic carbocycles. The Bertz CT molecular complexity index is 801. The molecule has 104 valence electrons. The third-order valence-corrected chi connectivity index (χ3v) is 2.92. The monoisotopic (exact) mass is 275 g/mol. The zero-order valence-electron chi connectivity index (χ0n) is 11.2. The summed E-state index contributed by atoms with van der Waals surface area (Å²) < 4.78 is 11.5. The number of rotatable bonds is 4. The van der Waals surface area contributed by atoms with Crippen molar-refractivity contribution in [1.82, 2.24) is 24.8 Å². The fourth-order valence-electron chi connectivity index (χ4n) is 1.95. The predicted octanol–water partition coefficient (Wildman–Crippen LogP) is 1.08. The van der Waals surface area contributed by atoms with Crippen LogP contribution in [0.4, 0.5) is 0 Å². The number of hydrogen-bond donors (Lipinski definition) is 0. The lowest BCUT2D eigenvalue weighted by Crippen LogP contribution is -2.21. The molecule has 0 unspecified atom stereocenters. The van der Waals surface area contributed by atoms with Gasteiger partial charge in [0.05, 0.1) is 5.69 Å². The van der Waals surface area contributed by atoms with Crippen LogP contribution in [0.1, 0.15) is 30.8 Å². The normalized spacial score (nSPS) is 11.3. The molecule has 3 heterocycles. The van der Waals surface area contributed by atoms with Crippen molar-refractivity contribution < 1.29 is 9.05 Å². The van der Waals surface area contributed by atoms with Crippen LogP contribution < -0.4 is 5.56 Å². The lowest BCUT2D eigenvalue weighted by atomic mass is 10.3. The topological polar surface area (TPSA) is 99.8 Å². The zero-order valence-corrected chi connectivity index (χ0v) is 11.2. The number of nitrogens with zero attached hydrogens (tertiary/aromatic N) is 5. The molecule has 0 N–H and O–H groups in total. The first kappa shape index (κ1) is 12.5. The van der Waals surface area contributed by atoms with E-state index < -0.39 is 0 Å². The van der Waals surface area contributed by atoms with E-state index in [2.05, 4.69) is 20.3 Å². The van der Waals surface area contributed by atoms with Crippen LogP contribution >= 0.6 is 0 Å². The van der Waals surface area contributed by atoms with E-state index >= 15 is 0 Å². The van der Waals surface area contributed by atoms with Crippen LogP contribution in [0.25, 0.3) is 11.1 Å². The molecule has 3 rings (SSSR count). The molecule has 3 aromatic heterocycles. The van der Waals surface area contributed by atoms with E-state index in [1.807, 2.05) is 6.92 Å².